The monoisotopic (exact) mass is 514 g/mol. The van der Waals surface area contributed by atoms with Gasteiger partial charge in [-0.05, 0) is 60.9 Å². The van der Waals surface area contributed by atoms with Crippen LogP contribution in [0.5, 0.6) is 5.75 Å². The van der Waals surface area contributed by atoms with Crippen LogP contribution in [0.1, 0.15) is 24.8 Å². The number of guanidine groups is 1. The summed E-state index contributed by atoms with van der Waals surface area (Å²) < 4.78 is 5.20. The van der Waals surface area contributed by atoms with E-state index in [9.17, 15) is 0 Å². The van der Waals surface area contributed by atoms with Gasteiger partial charge in [0.2, 0.25) is 0 Å². The highest BCUT2D eigenvalue weighted by atomic mass is 127. The van der Waals surface area contributed by atoms with Crippen LogP contribution in [0, 0.1) is 0 Å². The van der Waals surface area contributed by atoms with Crippen LogP contribution in [0.4, 0.5) is 5.00 Å². The second-order valence-electron chi connectivity index (χ2n) is 6.81. The summed E-state index contributed by atoms with van der Waals surface area (Å²) in [4.78, 5) is 6.86. The van der Waals surface area contributed by atoms with Crippen molar-refractivity contribution in [3.8, 4) is 5.75 Å². The van der Waals surface area contributed by atoms with Crippen molar-refractivity contribution in [3.63, 3.8) is 0 Å². The van der Waals surface area contributed by atoms with Gasteiger partial charge in [-0.3, -0.25) is 4.99 Å². The number of nitrogens with zero attached hydrogens (tertiary/aromatic N) is 2. The first-order chi connectivity index (χ1) is 13.3. The van der Waals surface area contributed by atoms with Crippen molar-refractivity contribution in [1.29, 1.82) is 0 Å². The smallest absolute Gasteiger partial charge is 0.191 e. The molecular formula is C21H31IN4OS. The number of rotatable bonds is 7. The maximum Gasteiger partial charge on any atom is 0.191 e. The zero-order chi connectivity index (χ0) is 18.9. The summed E-state index contributed by atoms with van der Waals surface area (Å²) in [6, 6.07) is 13.1. The molecule has 0 spiro atoms. The van der Waals surface area contributed by atoms with Crippen molar-refractivity contribution in [2.75, 3.05) is 38.7 Å². The number of thiophene rings is 1. The lowest BCUT2D eigenvalue weighted by Crippen LogP contribution is -2.48. The van der Waals surface area contributed by atoms with Crippen LogP contribution in [0.3, 0.4) is 0 Å². The molecule has 28 heavy (non-hydrogen) atoms. The predicted octanol–water partition coefficient (Wildman–Crippen LogP) is 4.14. The quantitative estimate of drug-likeness (QED) is 0.253. The number of aryl methyl sites for hydroxylation is 1. The van der Waals surface area contributed by atoms with Gasteiger partial charge in [0, 0.05) is 32.7 Å². The third kappa shape index (κ3) is 6.84. The standard InChI is InChI=1S/C21H30N4OS.HI/c1-22-21(23-13-3-5-17-7-9-19(26-2)10-8-17)24-18-11-14-25(15-12-18)20-6-4-16-27-20;/h4,6-10,16,18H,3,5,11-15H2,1-2H3,(H2,22,23,24);1H. The van der Waals surface area contributed by atoms with E-state index >= 15 is 0 Å². The lowest BCUT2D eigenvalue weighted by Gasteiger charge is -2.33. The number of methoxy groups -OCH3 is 1. The number of nitrogens with one attached hydrogen (secondary N) is 2. The first-order valence-electron chi connectivity index (χ1n) is 9.67. The Hall–Kier alpha value is -1.48. The van der Waals surface area contributed by atoms with E-state index in [-0.39, 0.29) is 24.0 Å². The minimum absolute atomic E-state index is 0. The van der Waals surface area contributed by atoms with Crippen LogP contribution in [0.2, 0.25) is 0 Å². The third-order valence-corrected chi connectivity index (χ3v) is 5.90. The van der Waals surface area contributed by atoms with E-state index in [1.165, 1.54) is 10.6 Å². The Labute approximate surface area is 189 Å². The Kier molecular flexibility index (Phi) is 9.91. The minimum atomic E-state index is 0. The van der Waals surface area contributed by atoms with Crippen molar-refractivity contribution >= 4 is 46.3 Å². The van der Waals surface area contributed by atoms with Crippen molar-refractivity contribution in [1.82, 2.24) is 10.6 Å². The highest BCUT2D eigenvalue weighted by Gasteiger charge is 2.20. The second-order valence-corrected chi connectivity index (χ2v) is 7.73. The SMILES string of the molecule is CN=C(NCCCc1ccc(OC)cc1)NC1CCN(c2cccs2)CC1.I. The fourth-order valence-electron chi connectivity index (χ4n) is 3.37. The van der Waals surface area contributed by atoms with Gasteiger partial charge in [-0.25, -0.2) is 0 Å². The number of piperidine rings is 1. The van der Waals surface area contributed by atoms with Gasteiger partial charge in [0.25, 0.3) is 0 Å². The fraction of sp³-hybridized carbons (Fsp3) is 0.476. The highest BCUT2D eigenvalue weighted by molar-refractivity contribution is 14.0. The number of anilines is 1. The second kappa shape index (κ2) is 12.2. The summed E-state index contributed by atoms with van der Waals surface area (Å²) in [6.07, 6.45) is 4.41. The number of hydrogen-bond donors (Lipinski definition) is 2. The van der Waals surface area contributed by atoms with Crippen molar-refractivity contribution in [2.24, 2.45) is 4.99 Å². The molecule has 2 heterocycles. The normalized spacial score (nSPS) is 15.1. The molecule has 1 aromatic carbocycles. The van der Waals surface area contributed by atoms with Gasteiger partial charge in [0.05, 0.1) is 12.1 Å². The molecule has 1 aliphatic heterocycles. The van der Waals surface area contributed by atoms with Crippen molar-refractivity contribution in [2.45, 2.75) is 31.7 Å². The largest absolute Gasteiger partial charge is 0.497 e. The molecule has 1 saturated heterocycles. The van der Waals surface area contributed by atoms with Crippen LogP contribution < -0.4 is 20.3 Å². The Balaban J connectivity index is 0.00000280. The molecule has 0 amide bonds. The van der Waals surface area contributed by atoms with E-state index in [1.54, 1.807) is 7.11 Å². The molecule has 2 N–H and O–H groups in total. The van der Waals surface area contributed by atoms with E-state index < -0.39 is 0 Å². The van der Waals surface area contributed by atoms with Gasteiger partial charge >= 0.3 is 0 Å². The number of hydrogen-bond acceptors (Lipinski definition) is 4. The van der Waals surface area contributed by atoms with Crippen LogP contribution in [0.15, 0.2) is 46.8 Å². The van der Waals surface area contributed by atoms with Crippen LogP contribution in [-0.2, 0) is 6.42 Å². The van der Waals surface area contributed by atoms with Gasteiger partial charge < -0.3 is 20.3 Å². The van der Waals surface area contributed by atoms with Gasteiger partial charge in [-0.1, -0.05) is 12.1 Å². The van der Waals surface area contributed by atoms with Crippen LogP contribution in [0.25, 0.3) is 0 Å². The number of benzene rings is 1. The van der Waals surface area contributed by atoms with Crippen LogP contribution >= 0.6 is 35.3 Å². The molecule has 3 rings (SSSR count). The predicted molar refractivity (Wildman–Crippen MR) is 131 cm³/mol. The van der Waals surface area contributed by atoms with E-state index in [1.807, 2.05) is 30.5 Å². The third-order valence-electron chi connectivity index (χ3n) is 4.97. The molecule has 0 bridgehead atoms. The van der Waals surface area contributed by atoms with Crippen LogP contribution in [-0.4, -0.2) is 45.8 Å². The molecule has 1 aliphatic rings. The molecule has 7 heteroatoms. The molecule has 1 fully saturated rings. The number of halogens is 1. The first kappa shape index (κ1) is 22.8. The molecule has 5 nitrogen and oxygen atoms in total. The maximum atomic E-state index is 5.20. The van der Waals surface area contributed by atoms with E-state index in [0.717, 1.165) is 57.0 Å². The summed E-state index contributed by atoms with van der Waals surface area (Å²) >= 11 is 1.83. The number of ether oxygens (including phenoxy) is 1. The summed E-state index contributed by atoms with van der Waals surface area (Å²) in [5.74, 6) is 1.82. The van der Waals surface area contributed by atoms with Gasteiger partial charge in [-0.15, -0.1) is 35.3 Å². The summed E-state index contributed by atoms with van der Waals surface area (Å²) in [7, 11) is 3.54. The molecule has 2 aromatic rings. The molecule has 154 valence electrons. The van der Waals surface area contributed by atoms with Gasteiger partial charge in [-0.2, -0.15) is 0 Å². The maximum absolute atomic E-state index is 5.20. The summed E-state index contributed by atoms with van der Waals surface area (Å²) in [6.45, 7) is 3.12. The molecule has 0 unspecified atom stereocenters. The Morgan fingerprint density at radius 1 is 1.21 bits per heavy atom. The molecular weight excluding hydrogens is 483 g/mol. The topological polar surface area (TPSA) is 48.9 Å². The first-order valence-corrected chi connectivity index (χ1v) is 10.5. The number of aliphatic imine (C=N–C) groups is 1. The van der Waals surface area contributed by atoms with E-state index in [2.05, 4.69) is 50.2 Å². The zero-order valence-corrected chi connectivity index (χ0v) is 19.8. The Morgan fingerprint density at radius 3 is 2.57 bits per heavy atom. The Bertz CT molecular complexity index is 698. The van der Waals surface area contributed by atoms with E-state index in [4.69, 9.17) is 4.74 Å². The molecule has 1 aromatic heterocycles. The molecule has 0 radical (unpaired) electrons. The van der Waals surface area contributed by atoms with Crippen molar-refractivity contribution < 1.29 is 4.74 Å². The average Bonchev–Trinajstić information content (AvgIpc) is 3.26. The average molecular weight is 514 g/mol. The fourth-order valence-corrected chi connectivity index (χ4v) is 4.16. The Morgan fingerprint density at radius 2 is 1.96 bits per heavy atom. The van der Waals surface area contributed by atoms with Crippen molar-refractivity contribution in [3.05, 3.63) is 47.3 Å². The highest BCUT2D eigenvalue weighted by Crippen LogP contribution is 2.24. The summed E-state index contributed by atoms with van der Waals surface area (Å²) in [5.41, 5.74) is 1.33. The molecule has 0 atom stereocenters. The summed E-state index contributed by atoms with van der Waals surface area (Å²) in [5, 5.41) is 10.6. The molecule has 0 saturated carbocycles. The van der Waals surface area contributed by atoms with E-state index in [0.29, 0.717) is 6.04 Å². The zero-order valence-electron chi connectivity index (χ0n) is 16.7. The lowest BCUT2D eigenvalue weighted by molar-refractivity contribution is 0.414. The van der Waals surface area contributed by atoms with Gasteiger partial charge in [0.15, 0.2) is 5.96 Å². The lowest BCUT2D eigenvalue weighted by atomic mass is 10.1. The van der Waals surface area contributed by atoms with Gasteiger partial charge in [0.1, 0.15) is 5.75 Å². The minimum Gasteiger partial charge on any atom is -0.497 e. The molecule has 0 aliphatic carbocycles.